The second-order valence-electron chi connectivity index (χ2n) is 7.71. The summed E-state index contributed by atoms with van der Waals surface area (Å²) in [6.45, 7) is 1.94. The fourth-order valence-corrected chi connectivity index (χ4v) is 4.73. The molecule has 1 aliphatic heterocycles. The van der Waals surface area contributed by atoms with Gasteiger partial charge in [0.05, 0.1) is 5.75 Å². The molecule has 0 aliphatic carbocycles. The average molecular weight is 416 g/mol. The molecule has 156 valence electrons. The lowest BCUT2D eigenvalue weighted by Gasteiger charge is -2.35. The number of rotatable bonds is 7. The molecule has 7 heteroatoms. The van der Waals surface area contributed by atoms with E-state index < -0.39 is 10.0 Å². The normalized spacial score (nSPS) is 17.7. The van der Waals surface area contributed by atoms with Gasteiger partial charge in [0.25, 0.3) is 5.91 Å². The van der Waals surface area contributed by atoms with Crippen LogP contribution in [0, 0.1) is 0 Å². The van der Waals surface area contributed by atoms with Gasteiger partial charge in [-0.2, -0.15) is 0 Å². The smallest absolute Gasteiger partial charge is 0.253 e. The van der Waals surface area contributed by atoms with E-state index in [0.717, 1.165) is 31.5 Å². The second kappa shape index (κ2) is 9.41. The summed E-state index contributed by atoms with van der Waals surface area (Å²) in [5.41, 5.74) is 2.01. The molecule has 0 unspecified atom stereocenters. The fourth-order valence-electron chi connectivity index (χ4n) is 3.63. The summed E-state index contributed by atoms with van der Waals surface area (Å²) in [4.78, 5) is 16.8. The van der Waals surface area contributed by atoms with Crippen LogP contribution in [0.15, 0.2) is 54.6 Å². The van der Waals surface area contributed by atoms with Gasteiger partial charge >= 0.3 is 0 Å². The molecule has 1 aliphatic rings. The van der Waals surface area contributed by atoms with E-state index in [0.29, 0.717) is 17.7 Å². The number of likely N-dealkylation sites (tertiary alicyclic amines) is 1. The van der Waals surface area contributed by atoms with Gasteiger partial charge in [-0.15, -0.1) is 0 Å². The highest BCUT2D eigenvalue weighted by Crippen LogP contribution is 2.18. The first-order valence-electron chi connectivity index (χ1n) is 9.94. The highest BCUT2D eigenvalue weighted by atomic mass is 32.2. The monoisotopic (exact) mass is 415 g/mol. The Morgan fingerprint density at radius 2 is 1.83 bits per heavy atom. The fraction of sp³-hybridized carbons (Fsp3) is 0.409. The Hall–Kier alpha value is -2.38. The van der Waals surface area contributed by atoms with Gasteiger partial charge < -0.3 is 9.80 Å². The van der Waals surface area contributed by atoms with Crippen molar-refractivity contribution in [3.8, 4) is 0 Å². The Labute approximate surface area is 173 Å². The van der Waals surface area contributed by atoms with Crippen LogP contribution < -0.4 is 4.72 Å². The summed E-state index contributed by atoms with van der Waals surface area (Å²) in [6, 6.07) is 16.4. The van der Waals surface area contributed by atoms with Gasteiger partial charge in [0.2, 0.25) is 10.0 Å². The van der Waals surface area contributed by atoms with Crippen molar-refractivity contribution in [1.82, 2.24) is 9.80 Å². The number of likely N-dealkylation sites (N-methyl/N-ethyl adjacent to an activating group) is 2. The SMILES string of the molecule is CN1CCC[C@@H](N(C)C(=O)c2ccc(NS(=O)(=O)CCc3ccccc3)cc2)C1. The van der Waals surface area contributed by atoms with Gasteiger partial charge in [-0.25, -0.2) is 8.42 Å². The predicted molar refractivity (Wildman–Crippen MR) is 117 cm³/mol. The Balaban J connectivity index is 1.58. The van der Waals surface area contributed by atoms with E-state index in [4.69, 9.17) is 0 Å². The molecule has 1 atom stereocenters. The zero-order chi connectivity index (χ0) is 20.9. The minimum absolute atomic E-state index is 0.00955. The number of carbonyl (C=O) groups excluding carboxylic acids is 1. The largest absolute Gasteiger partial charge is 0.337 e. The molecule has 0 radical (unpaired) electrons. The van der Waals surface area contributed by atoms with Crippen LogP contribution in [0.1, 0.15) is 28.8 Å². The van der Waals surface area contributed by atoms with Gasteiger partial charge in [-0.3, -0.25) is 9.52 Å². The van der Waals surface area contributed by atoms with Gasteiger partial charge in [0.15, 0.2) is 0 Å². The summed E-state index contributed by atoms with van der Waals surface area (Å²) in [5, 5.41) is 0. The second-order valence-corrected chi connectivity index (χ2v) is 9.55. The molecule has 0 saturated carbocycles. The van der Waals surface area contributed by atoms with Crippen LogP contribution in [0.25, 0.3) is 0 Å². The van der Waals surface area contributed by atoms with E-state index in [1.807, 2.05) is 37.4 Å². The molecule has 0 aromatic heterocycles. The summed E-state index contributed by atoms with van der Waals surface area (Å²) in [5.74, 6) is -0.0286. The number of sulfonamides is 1. The first kappa shape index (κ1) is 21.3. The summed E-state index contributed by atoms with van der Waals surface area (Å²) in [7, 11) is 0.456. The molecule has 1 N–H and O–H groups in total. The number of benzene rings is 2. The molecular formula is C22H29N3O3S. The lowest BCUT2D eigenvalue weighted by atomic mass is 10.0. The Kier molecular flexibility index (Phi) is 6.92. The van der Waals surface area contributed by atoms with E-state index in [2.05, 4.69) is 16.7 Å². The van der Waals surface area contributed by atoms with Crippen LogP contribution in [-0.2, 0) is 16.4 Å². The maximum absolute atomic E-state index is 12.8. The van der Waals surface area contributed by atoms with Crippen molar-refractivity contribution >= 4 is 21.6 Å². The summed E-state index contributed by atoms with van der Waals surface area (Å²) in [6.07, 6.45) is 2.54. The highest BCUT2D eigenvalue weighted by Gasteiger charge is 2.25. The van der Waals surface area contributed by atoms with Gasteiger partial charge in [0.1, 0.15) is 0 Å². The number of aryl methyl sites for hydroxylation is 1. The number of nitrogens with one attached hydrogen (secondary N) is 1. The van der Waals surface area contributed by atoms with E-state index in [-0.39, 0.29) is 17.7 Å². The molecule has 2 aromatic rings. The van der Waals surface area contributed by atoms with Crippen molar-refractivity contribution in [1.29, 1.82) is 0 Å². The maximum Gasteiger partial charge on any atom is 0.253 e. The average Bonchev–Trinajstić information content (AvgIpc) is 2.72. The Morgan fingerprint density at radius 3 is 2.48 bits per heavy atom. The minimum Gasteiger partial charge on any atom is -0.337 e. The summed E-state index contributed by atoms with van der Waals surface area (Å²) >= 11 is 0. The highest BCUT2D eigenvalue weighted by molar-refractivity contribution is 7.92. The molecule has 6 nitrogen and oxygen atoms in total. The van der Waals surface area contributed by atoms with E-state index in [9.17, 15) is 13.2 Å². The third kappa shape index (κ3) is 6.05. The standard InChI is InChI=1S/C22H29N3O3S/c1-24-15-6-9-21(17-24)25(2)22(26)19-10-12-20(13-11-19)23-29(27,28)16-14-18-7-4-3-5-8-18/h3-5,7-8,10-13,21,23H,6,9,14-17H2,1-2H3/t21-/m1/s1. The van der Waals surface area contributed by atoms with Crippen molar-refractivity contribution in [2.24, 2.45) is 0 Å². The van der Waals surface area contributed by atoms with Crippen molar-refractivity contribution in [2.75, 3.05) is 37.7 Å². The minimum atomic E-state index is -3.46. The molecule has 1 saturated heterocycles. The van der Waals surface area contributed by atoms with Crippen LogP contribution in [0.3, 0.4) is 0 Å². The van der Waals surface area contributed by atoms with E-state index in [1.54, 1.807) is 29.2 Å². The van der Waals surface area contributed by atoms with Crippen molar-refractivity contribution in [3.05, 3.63) is 65.7 Å². The van der Waals surface area contributed by atoms with Crippen molar-refractivity contribution < 1.29 is 13.2 Å². The van der Waals surface area contributed by atoms with Gasteiger partial charge in [0, 0.05) is 30.9 Å². The first-order chi connectivity index (χ1) is 13.8. The lowest BCUT2D eigenvalue weighted by Crippen LogP contribution is -2.47. The lowest BCUT2D eigenvalue weighted by molar-refractivity contribution is 0.0644. The van der Waals surface area contributed by atoms with Crippen LogP contribution in [0.4, 0.5) is 5.69 Å². The number of hydrogen-bond acceptors (Lipinski definition) is 4. The molecule has 29 heavy (non-hydrogen) atoms. The zero-order valence-corrected chi connectivity index (χ0v) is 17.9. The van der Waals surface area contributed by atoms with Crippen molar-refractivity contribution in [3.63, 3.8) is 0 Å². The zero-order valence-electron chi connectivity index (χ0n) is 17.0. The number of piperidine rings is 1. The first-order valence-corrected chi connectivity index (χ1v) is 11.6. The number of anilines is 1. The van der Waals surface area contributed by atoms with Gasteiger partial charge in [-0.1, -0.05) is 30.3 Å². The van der Waals surface area contributed by atoms with Crippen molar-refractivity contribution in [2.45, 2.75) is 25.3 Å². The summed E-state index contributed by atoms with van der Waals surface area (Å²) < 4.78 is 27.3. The number of nitrogens with zero attached hydrogens (tertiary/aromatic N) is 2. The predicted octanol–water partition coefficient (Wildman–Crippen LogP) is 2.84. The topological polar surface area (TPSA) is 69.7 Å². The molecule has 1 heterocycles. The Bertz CT molecular complexity index is 914. The molecular weight excluding hydrogens is 386 g/mol. The quantitative estimate of drug-likeness (QED) is 0.755. The third-order valence-corrected chi connectivity index (χ3v) is 6.66. The van der Waals surface area contributed by atoms with Crippen LogP contribution in [0.5, 0.6) is 0 Å². The molecule has 0 bridgehead atoms. The van der Waals surface area contributed by atoms with Crippen LogP contribution in [-0.4, -0.2) is 63.1 Å². The maximum atomic E-state index is 12.8. The number of hydrogen-bond donors (Lipinski definition) is 1. The van der Waals surface area contributed by atoms with E-state index >= 15 is 0 Å². The molecule has 3 rings (SSSR count). The molecule has 1 fully saturated rings. The number of carbonyl (C=O) groups is 1. The Morgan fingerprint density at radius 1 is 1.14 bits per heavy atom. The third-order valence-electron chi connectivity index (χ3n) is 5.38. The van der Waals surface area contributed by atoms with E-state index in [1.165, 1.54) is 0 Å². The molecule has 2 aromatic carbocycles. The number of amides is 1. The van der Waals surface area contributed by atoms with Crippen LogP contribution >= 0.6 is 0 Å². The molecule has 0 spiro atoms. The van der Waals surface area contributed by atoms with Crippen LogP contribution in [0.2, 0.25) is 0 Å². The van der Waals surface area contributed by atoms with Gasteiger partial charge in [-0.05, 0) is 62.7 Å². The molecule has 1 amide bonds.